The van der Waals surface area contributed by atoms with Crippen LogP contribution < -0.4 is 10.2 Å². The number of fused-ring (bicyclic) bond motifs is 1. The summed E-state index contributed by atoms with van der Waals surface area (Å²) < 4.78 is 0. The van der Waals surface area contributed by atoms with Crippen molar-refractivity contribution in [3.63, 3.8) is 0 Å². The second-order valence-corrected chi connectivity index (χ2v) is 4.41. The molecule has 0 heterocycles. The third kappa shape index (κ3) is 2.98. The zero-order valence-corrected chi connectivity index (χ0v) is 10.6. The monoisotopic (exact) mass is 228 g/mol. The Balaban J connectivity index is 2.12. The van der Waals surface area contributed by atoms with Crippen molar-refractivity contribution >= 4 is 16.5 Å². The Kier molecular flexibility index (Phi) is 3.99. The van der Waals surface area contributed by atoms with E-state index in [4.69, 9.17) is 0 Å². The normalized spacial score (nSPS) is 10.7. The first-order valence-corrected chi connectivity index (χ1v) is 6.16. The van der Waals surface area contributed by atoms with Crippen LogP contribution in [0, 0.1) is 0 Å². The number of anilines is 1. The molecule has 0 aliphatic carbocycles. The fraction of sp³-hybridized carbons (Fsp3) is 0.333. The van der Waals surface area contributed by atoms with Gasteiger partial charge in [-0.1, -0.05) is 30.3 Å². The summed E-state index contributed by atoms with van der Waals surface area (Å²) in [6, 6.07) is 15.1. The standard InChI is InChI=1S/C15H20N2/c1-16-10-5-11-17(2)15-9-8-13-6-3-4-7-14(13)12-15/h3-4,6-9,12,16H,5,10-11H2,1-2H3. The molecule has 0 saturated carbocycles. The largest absolute Gasteiger partial charge is 0.375 e. The highest BCUT2D eigenvalue weighted by atomic mass is 15.1. The lowest BCUT2D eigenvalue weighted by Gasteiger charge is -2.19. The first kappa shape index (κ1) is 11.9. The van der Waals surface area contributed by atoms with Gasteiger partial charge in [-0.05, 0) is 42.9 Å². The zero-order valence-electron chi connectivity index (χ0n) is 10.6. The van der Waals surface area contributed by atoms with Crippen molar-refractivity contribution in [3.05, 3.63) is 42.5 Å². The summed E-state index contributed by atoms with van der Waals surface area (Å²) in [5.74, 6) is 0. The minimum Gasteiger partial charge on any atom is -0.375 e. The molecule has 2 rings (SSSR count). The van der Waals surface area contributed by atoms with E-state index in [0.29, 0.717) is 0 Å². The van der Waals surface area contributed by atoms with Crippen LogP contribution in [0.25, 0.3) is 10.8 Å². The number of nitrogens with one attached hydrogen (secondary N) is 1. The Labute approximate surface area is 103 Å². The molecule has 0 amide bonds. The van der Waals surface area contributed by atoms with Gasteiger partial charge in [0.25, 0.3) is 0 Å². The summed E-state index contributed by atoms with van der Waals surface area (Å²) in [6.45, 7) is 2.15. The first-order chi connectivity index (χ1) is 8.31. The number of hydrogen-bond donors (Lipinski definition) is 1. The molecule has 0 aliphatic heterocycles. The molecule has 90 valence electrons. The lowest BCUT2D eigenvalue weighted by Crippen LogP contribution is -2.22. The van der Waals surface area contributed by atoms with Crippen molar-refractivity contribution in [1.29, 1.82) is 0 Å². The van der Waals surface area contributed by atoms with E-state index in [1.807, 2.05) is 7.05 Å². The lowest BCUT2D eigenvalue weighted by molar-refractivity contribution is 0.713. The summed E-state index contributed by atoms with van der Waals surface area (Å²) in [4.78, 5) is 2.31. The summed E-state index contributed by atoms with van der Waals surface area (Å²) in [5, 5.41) is 5.79. The molecule has 0 aliphatic rings. The highest BCUT2D eigenvalue weighted by Crippen LogP contribution is 2.21. The van der Waals surface area contributed by atoms with E-state index in [0.717, 1.165) is 13.1 Å². The fourth-order valence-electron chi connectivity index (χ4n) is 2.04. The summed E-state index contributed by atoms with van der Waals surface area (Å²) in [7, 11) is 4.15. The predicted octanol–water partition coefficient (Wildman–Crippen LogP) is 2.89. The molecule has 2 heteroatoms. The van der Waals surface area contributed by atoms with Crippen molar-refractivity contribution in [2.45, 2.75) is 6.42 Å². The van der Waals surface area contributed by atoms with E-state index < -0.39 is 0 Å². The molecular weight excluding hydrogens is 208 g/mol. The topological polar surface area (TPSA) is 15.3 Å². The molecule has 0 fully saturated rings. The Morgan fingerprint density at radius 1 is 1.06 bits per heavy atom. The van der Waals surface area contributed by atoms with Crippen LogP contribution in [0.1, 0.15) is 6.42 Å². The Bertz CT molecular complexity index is 479. The molecule has 0 atom stereocenters. The van der Waals surface area contributed by atoms with Gasteiger partial charge < -0.3 is 10.2 Å². The first-order valence-electron chi connectivity index (χ1n) is 6.16. The van der Waals surface area contributed by atoms with Crippen LogP contribution in [0.3, 0.4) is 0 Å². The lowest BCUT2D eigenvalue weighted by atomic mass is 10.1. The molecule has 0 saturated heterocycles. The van der Waals surface area contributed by atoms with Gasteiger partial charge in [0.15, 0.2) is 0 Å². The van der Waals surface area contributed by atoms with Gasteiger partial charge in [0.2, 0.25) is 0 Å². The van der Waals surface area contributed by atoms with E-state index in [2.05, 4.69) is 59.7 Å². The molecule has 1 N–H and O–H groups in total. The Morgan fingerprint density at radius 2 is 1.82 bits per heavy atom. The van der Waals surface area contributed by atoms with Crippen LogP contribution >= 0.6 is 0 Å². The van der Waals surface area contributed by atoms with Gasteiger partial charge in [-0.2, -0.15) is 0 Å². The smallest absolute Gasteiger partial charge is 0.0370 e. The van der Waals surface area contributed by atoms with Gasteiger partial charge in [0.05, 0.1) is 0 Å². The van der Waals surface area contributed by atoms with Gasteiger partial charge in [-0.3, -0.25) is 0 Å². The van der Waals surface area contributed by atoms with Gasteiger partial charge in [0, 0.05) is 19.3 Å². The molecule has 0 spiro atoms. The quantitative estimate of drug-likeness (QED) is 0.792. The number of rotatable bonds is 5. The minimum absolute atomic E-state index is 1.07. The maximum atomic E-state index is 3.18. The van der Waals surface area contributed by atoms with Gasteiger partial charge in [0.1, 0.15) is 0 Å². The second-order valence-electron chi connectivity index (χ2n) is 4.41. The predicted molar refractivity (Wildman–Crippen MR) is 75.8 cm³/mol. The highest BCUT2D eigenvalue weighted by molar-refractivity contribution is 5.85. The third-order valence-corrected chi connectivity index (χ3v) is 3.09. The average molecular weight is 228 g/mol. The number of hydrogen-bond acceptors (Lipinski definition) is 2. The molecule has 2 aromatic carbocycles. The van der Waals surface area contributed by atoms with Crippen LogP contribution in [0.2, 0.25) is 0 Å². The fourth-order valence-corrected chi connectivity index (χ4v) is 2.04. The molecule has 0 bridgehead atoms. The Morgan fingerprint density at radius 3 is 2.59 bits per heavy atom. The van der Waals surface area contributed by atoms with E-state index in [1.54, 1.807) is 0 Å². The van der Waals surface area contributed by atoms with Crippen molar-refractivity contribution in [2.24, 2.45) is 0 Å². The summed E-state index contributed by atoms with van der Waals surface area (Å²) in [6.07, 6.45) is 1.17. The van der Waals surface area contributed by atoms with E-state index in [-0.39, 0.29) is 0 Å². The highest BCUT2D eigenvalue weighted by Gasteiger charge is 2.01. The number of benzene rings is 2. The maximum absolute atomic E-state index is 3.18. The van der Waals surface area contributed by atoms with E-state index in [9.17, 15) is 0 Å². The Hall–Kier alpha value is -1.54. The maximum Gasteiger partial charge on any atom is 0.0370 e. The van der Waals surface area contributed by atoms with Gasteiger partial charge in [-0.15, -0.1) is 0 Å². The van der Waals surface area contributed by atoms with Crippen molar-refractivity contribution in [1.82, 2.24) is 5.32 Å². The minimum atomic E-state index is 1.07. The molecular formula is C15H20N2. The molecule has 2 aromatic rings. The van der Waals surface area contributed by atoms with Crippen LogP contribution in [0.15, 0.2) is 42.5 Å². The van der Waals surface area contributed by atoms with Crippen molar-refractivity contribution < 1.29 is 0 Å². The van der Waals surface area contributed by atoms with Crippen LogP contribution in [0.5, 0.6) is 0 Å². The molecule has 0 unspecified atom stereocenters. The molecule has 17 heavy (non-hydrogen) atoms. The van der Waals surface area contributed by atoms with Crippen LogP contribution in [-0.2, 0) is 0 Å². The summed E-state index contributed by atoms with van der Waals surface area (Å²) >= 11 is 0. The van der Waals surface area contributed by atoms with E-state index in [1.165, 1.54) is 22.9 Å². The van der Waals surface area contributed by atoms with Crippen molar-refractivity contribution in [2.75, 3.05) is 32.1 Å². The van der Waals surface area contributed by atoms with Gasteiger partial charge in [-0.25, -0.2) is 0 Å². The number of nitrogens with zero attached hydrogens (tertiary/aromatic N) is 1. The average Bonchev–Trinajstić information content (AvgIpc) is 2.38. The van der Waals surface area contributed by atoms with Crippen LogP contribution in [0.4, 0.5) is 5.69 Å². The molecule has 0 radical (unpaired) electrons. The molecule has 2 nitrogen and oxygen atoms in total. The molecule has 0 aromatic heterocycles. The third-order valence-electron chi connectivity index (χ3n) is 3.09. The van der Waals surface area contributed by atoms with Gasteiger partial charge >= 0.3 is 0 Å². The second kappa shape index (κ2) is 5.69. The van der Waals surface area contributed by atoms with Crippen molar-refractivity contribution in [3.8, 4) is 0 Å². The van der Waals surface area contributed by atoms with Crippen LogP contribution in [-0.4, -0.2) is 27.2 Å². The zero-order chi connectivity index (χ0) is 12.1. The van der Waals surface area contributed by atoms with E-state index >= 15 is 0 Å². The summed E-state index contributed by atoms with van der Waals surface area (Å²) in [5.41, 5.74) is 1.29. The SMILES string of the molecule is CNCCCN(C)c1ccc2ccccc2c1.